The third-order valence-electron chi connectivity index (χ3n) is 11.9. The number of aryl methyl sites for hydroxylation is 2. The van der Waals surface area contributed by atoms with E-state index in [1.165, 1.54) is 14.0 Å². The molecular weight excluding hydrogens is 793 g/mol. The number of hydrogen-bond donors (Lipinski definition) is 1. The number of carbonyl (C=O) groups excluding carboxylic acids is 2. The van der Waals surface area contributed by atoms with Gasteiger partial charge < -0.3 is 29.0 Å². The van der Waals surface area contributed by atoms with Crippen LogP contribution in [0.15, 0.2) is 36.4 Å². The number of rotatable bonds is 11. The van der Waals surface area contributed by atoms with Crippen LogP contribution in [0.2, 0.25) is 0 Å². The molecule has 0 saturated carbocycles. The molecule has 1 N–H and O–H groups in total. The van der Waals surface area contributed by atoms with E-state index in [1.807, 2.05) is 67.1 Å². The first kappa shape index (κ1) is 42.0. The van der Waals surface area contributed by atoms with Crippen molar-refractivity contribution in [3.63, 3.8) is 0 Å². The summed E-state index contributed by atoms with van der Waals surface area (Å²) in [4.78, 5) is 30.3. The number of nitrogens with one attached hydrogen (secondary N) is 1. The number of carbonyl (C=O) groups is 2. The van der Waals surface area contributed by atoms with Crippen LogP contribution in [0.4, 0.5) is 30.7 Å². The summed E-state index contributed by atoms with van der Waals surface area (Å²) < 4.78 is 126. The Morgan fingerprint density at radius 3 is 2.31 bits per heavy atom. The minimum Gasteiger partial charge on any atom is -0.467 e. The summed E-state index contributed by atoms with van der Waals surface area (Å²) in [6.07, 6.45) is -6.17. The van der Waals surface area contributed by atoms with E-state index in [1.54, 1.807) is 0 Å². The second-order valence-electron chi connectivity index (χ2n) is 15.2. The minimum atomic E-state index is -6.80. The van der Waals surface area contributed by atoms with Gasteiger partial charge in [-0.05, 0) is 69.3 Å². The highest BCUT2D eigenvalue weighted by molar-refractivity contribution is 5.83. The first-order chi connectivity index (χ1) is 27.8. The Morgan fingerprint density at radius 2 is 1.64 bits per heavy atom. The number of piperazine rings is 1. The number of ether oxygens (including phenoxy) is 5. The maximum atomic E-state index is 14.9. The SMILES string of the molecule is COCOc1c(C)c(C)cc2c1[C@@H]1C3Cc4c(OC(=O)C(F)(F)C(F)(F)C(F)(F)F)c(C)c5c(c4[C@H](CNC(=O)CCc4ccccc4)N3[C@@H](C#N)[C@H](C2)N1C)OCO5. The number of nitrogens with zero attached hydrogens (tertiary/aromatic N) is 3. The van der Waals surface area contributed by atoms with Gasteiger partial charge in [0, 0.05) is 54.4 Å². The number of fused-ring (bicyclic) bond motifs is 9. The van der Waals surface area contributed by atoms with Crippen LogP contribution in [0.5, 0.6) is 23.0 Å². The molecule has 3 aromatic rings. The van der Waals surface area contributed by atoms with Crippen LogP contribution in [-0.4, -0.2) is 92.1 Å². The molecule has 1 amide bonds. The summed E-state index contributed by atoms with van der Waals surface area (Å²) in [7, 11) is 3.27. The fourth-order valence-corrected chi connectivity index (χ4v) is 8.98. The van der Waals surface area contributed by atoms with E-state index in [0.29, 0.717) is 18.6 Å². The Kier molecular flexibility index (Phi) is 11.0. The van der Waals surface area contributed by atoms with Gasteiger partial charge in [-0.25, -0.2) is 4.79 Å². The molecule has 1 saturated heterocycles. The standard InChI is InChI=1S/C41H41F7N4O7/c1-20-13-24-14-26-28(16-49)52-27(33(51(26)4)31(24)35(21(20)2)56-18-55-5)15-25-32(29(52)17-50-30(53)12-11-23-9-7-6-8-10-23)37-36(57-19-58-37)22(3)34(25)59-38(54)39(42,43)40(44,45)41(46,47)48/h6-10,13,26-29,33H,11-12,14-15,17-19H2,1-5H3,(H,50,53)/t26-,27?,28-,29-,33-/m0/s1. The van der Waals surface area contributed by atoms with Gasteiger partial charge in [0.1, 0.15) is 17.5 Å². The predicted octanol–water partition coefficient (Wildman–Crippen LogP) is 6.58. The number of halogens is 7. The molecule has 1 fully saturated rings. The van der Waals surface area contributed by atoms with Gasteiger partial charge in [-0.3, -0.25) is 14.6 Å². The Labute approximate surface area is 334 Å². The molecular formula is C41H41F7N4O7. The molecule has 7 rings (SSSR count). The molecule has 4 heterocycles. The Balaban J connectivity index is 1.40. The fourth-order valence-electron chi connectivity index (χ4n) is 8.98. The van der Waals surface area contributed by atoms with Crippen molar-refractivity contribution >= 4 is 11.9 Å². The number of alkyl halides is 7. The predicted molar refractivity (Wildman–Crippen MR) is 195 cm³/mol. The molecule has 316 valence electrons. The highest BCUT2D eigenvalue weighted by atomic mass is 19.4. The molecule has 59 heavy (non-hydrogen) atoms. The summed E-state index contributed by atoms with van der Waals surface area (Å²) in [5.41, 5.74) is 4.13. The maximum Gasteiger partial charge on any atom is 0.460 e. The van der Waals surface area contributed by atoms with Gasteiger partial charge >= 0.3 is 24.0 Å². The van der Waals surface area contributed by atoms with Gasteiger partial charge in [0.25, 0.3) is 0 Å². The van der Waals surface area contributed by atoms with Gasteiger partial charge in [-0.15, -0.1) is 0 Å². The highest BCUT2D eigenvalue weighted by Crippen LogP contribution is 2.58. The molecule has 11 nitrogen and oxygen atoms in total. The largest absolute Gasteiger partial charge is 0.467 e. The number of benzene rings is 3. The molecule has 0 aromatic heterocycles. The Hall–Kier alpha value is -5.12. The van der Waals surface area contributed by atoms with Gasteiger partial charge in [0.15, 0.2) is 18.3 Å². The first-order valence-electron chi connectivity index (χ1n) is 18.8. The topological polar surface area (TPSA) is 123 Å². The molecule has 5 atom stereocenters. The van der Waals surface area contributed by atoms with Crippen LogP contribution in [0.3, 0.4) is 0 Å². The third-order valence-corrected chi connectivity index (χ3v) is 11.9. The van der Waals surface area contributed by atoms with E-state index in [2.05, 4.69) is 11.4 Å². The molecule has 4 aliphatic heterocycles. The number of esters is 1. The zero-order valence-corrected chi connectivity index (χ0v) is 32.6. The number of methoxy groups -OCH3 is 1. The van der Waals surface area contributed by atoms with Crippen LogP contribution >= 0.6 is 0 Å². The first-order valence-corrected chi connectivity index (χ1v) is 18.8. The average molecular weight is 835 g/mol. The molecule has 4 aliphatic rings. The zero-order valence-electron chi connectivity index (χ0n) is 32.6. The lowest BCUT2D eigenvalue weighted by Gasteiger charge is -2.60. The number of hydrogen-bond acceptors (Lipinski definition) is 10. The minimum absolute atomic E-state index is 0.0325. The second kappa shape index (κ2) is 15.5. The van der Waals surface area contributed by atoms with Crippen molar-refractivity contribution in [2.24, 2.45) is 0 Å². The van der Waals surface area contributed by atoms with Crippen molar-refractivity contribution in [3.05, 3.63) is 80.9 Å². The monoisotopic (exact) mass is 834 g/mol. The molecule has 3 aromatic carbocycles. The van der Waals surface area contributed by atoms with Crippen molar-refractivity contribution in [1.82, 2.24) is 15.1 Å². The summed E-state index contributed by atoms with van der Waals surface area (Å²) in [6, 6.07) is 9.87. The average Bonchev–Trinajstić information content (AvgIpc) is 3.68. The van der Waals surface area contributed by atoms with Gasteiger partial charge in [-0.2, -0.15) is 36.0 Å². The second-order valence-corrected chi connectivity index (χ2v) is 15.2. The summed E-state index contributed by atoms with van der Waals surface area (Å²) in [6.45, 7) is 4.31. The summed E-state index contributed by atoms with van der Waals surface area (Å²) >= 11 is 0. The molecule has 18 heteroatoms. The number of nitriles is 1. The molecule has 1 unspecified atom stereocenters. The van der Waals surface area contributed by atoms with Gasteiger partial charge in [0.05, 0.1) is 18.2 Å². The zero-order chi connectivity index (χ0) is 42.8. The lowest BCUT2D eigenvalue weighted by Crippen LogP contribution is -2.68. The lowest BCUT2D eigenvalue weighted by atomic mass is 9.71. The molecule has 0 radical (unpaired) electrons. The molecule has 0 spiro atoms. The van der Waals surface area contributed by atoms with E-state index in [9.17, 15) is 45.6 Å². The number of amides is 1. The van der Waals surface area contributed by atoms with Gasteiger partial charge in [-0.1, -0.05) is 36.4 Å². The van der Waals surface area contributed by atoms with Crippen LogP contribution in [0.25, 0.3) is 0 Å². The number of likely N-dealkylation sites (N-methyl/N-ethyl adjacent to an activating group) is 1. The van der Waals surface area contributed by atoms with E-state index in [0.717, 1.165) is 27.8 Å². The van der Waals surface area contributed by atoms with Crippen LogP contribution in [-0.2, 0) is 33.6 Å². The highest BCUT2D eigenvalue weighted by Gasteiger charge is 2.77. The third kappa shape index (κ3) is 6.90. The van der Waals surface area contributed by atoms with E-state index >= 15 is 0 Å². The fraction of sp³-hybridized carbons (Fsp3) is 0.488. The Bertz CT molecular complexity index is 2200. The quantitative estimate of drug-likeness (QED) is 0.0982. The van der Waals surface area contributed by atoms with Crippen molar-refractivity contribution in [2.45, 2.75) is 94.7 Å². The van der Waals surface area contributed by atoms with Gasteiger partial charge in [0.2, 0.25) is 12.7 Å². The van der Waals surface area contributed by atoms with Crippen molar-refractivity contribution < 1.29 is 64.0 Å². The van der Waals surface area contributed by atoms with Crippen molar-refractivity contribution in [3.8, 4) is 29.1 Å². The smallest absolute Gasteiger partial charge is 0.460 e. The summed E-state index contributed by atoms with van der Waals surface area (Å²) in [5, 5.41) is 13.9. The Morgan fingerprint density at radius 1 is 0.949 bits per heavy atom. The van der Waals surface area contributed by atoms with Crippen LogP contribution in [0, 0.1) is 32.1 Å². The van der Waals surface area contributed by atoms with E-state index < -0.39 is 66.7 Å². The normalized spacial score (nSPS) is 22.5. The van der Waals surface area contributed by atoms with Crippen LogP contribution < -0.4 is 24.3 Å². The van der Waals surface area contributed by atoms with E-state index in [-0.39, 0.29) is 60.3 Å². The maximum absolute atomic E-state index is 14.9. The lowest BCUT2D eigenvalue weighted by molar-refractivity contribution is -0.346. The van der Waals surface area contributed by atoms with Crippen LogP contribution in [0.1, 0.15) is 63.0 Å². The molecule has 0 aliphatic carbocycles. The summed E-state index contributed by atoms with van der Waals surface area (Å²) in [5.74, 6) is -16.9. The van der Waals surface area contributed by atoms with Crippen molar-refractivity contribution in [2.75, 3.05) is 34.3 Å². The van der Waals surface area contributed by atoms with E-state index in [4.69, 9.17) is 23.7 Å². The molecule has 2 bridgehead atoms. The van der Waals surface area contributed by atoms with Crippen molar-refractivity contribution in [1.29, 1.82) is 5.26 Å².